The van der Waals surface area contributed by atoms with Crippen LogP contribution in [0.1, 0.15) is 11.4 Å². The third-order valence-corrected chi connectivity index (χ3v) is 4.67. The Bertz CT molecular complexity index is 1100. The molecule has 3 aromatic heterocycles. The molecule has 4 aromatic rings. The molecule has 0 spiro atoms. The van der Waals surface area contributed by atoms with Crippen LogP contribution in [0.5, 0.6) is 0 Å². The number of pyridine rings is 1. The number of imidazole rings is 1. The summed E-state index contributed by atoms with van der Waals surface area (Å²) in [6.45, 7) is 1.24. The van der Waals surface area contributed by atoms with Crippen molar-refractivity contribution >= 4 is 5.96 Å². The monoisotopic (exact) mass is 400 g/mol. The Hall–Kier alpha value is -3.94. The van der Waals surface area contributed by atoms with Gasteiger partial charge < -0.3 is 15.2 Å². The van der Waals surface area contributed by atoms with Gasteiger partial charge in [0.15, 0.2) is 11.8 Å². The summed E-state index contributed by atoms with van der Waals surface area (Å²) in [6.07, 6.45) is 7.26. The van der Waals surface area contributed by atoms with Gasteiger partial charge in [-0.3, -0.25) is 4.99 Å². The van der Waals surface area contributed by atoms with E-state index in [2.05, 4.69) is 42.5 Å². The van der Waals surface area contributed by atoms with Crippen LogP contribution in [0, 0.1) is 0 Å². The molecule has 8 heteroatoms. The summed E-state index contributed by atoms with van der Waals surface area (Å²) in [5.41, 5.74) is 3.21. The molecule has 0 amide bonds. The summed E-state index contributed by atoms with van der Waals surface area (Å²) >= 11 is 0. The van der Waals surface area contributed by atoms with Gasteiger partial charge in [0.05, 0.1) is 18.4 Å². The molecule has 0 aliphatic heterocycles. The van der Waals surface area contributed by atoms with Gasteiger partial charge in [-0.15, -0.1) is 0 Å². The second-order valence-electron chi connectivity index (χ2n) is 6.84. The van der Waals surface area contributed by atoms with Crippen LogP contribution in [0.2, 0.25) is 0 Å². The van der Waals surface area contributed by atoms with Crippen molar-refractivity contribution in [2.75, 3.05) is 14.1 Å². The summed E-state index contributed by atoms with van der Waals surface area (Å²) < 4.78 is 1.74. The minimum absolute atomic E-state index is 0.612. The molecule has 0 bridgehead atoms. The number of aliphatic imine (C=N–C) groups is 1. The predicted octanol–water partition coefficient (Wildman–Crippen LogP) is 2.86. The predicted molar refractivity (Wildman–Crippen MR) is 117 cm³/mol. The number of hydrogen-bond acceptors (Lipinski definition) is 4. The van der Waals surface area contributed by atoms with E-state index in [0.29, 0.717) is 13.1 Å². The first-order chi connectivity index (χ1) is 14.7. The SMILES string of the molecule is CN=C(NCc1ccnc(-n2cccn2)c1)N(C)Cc1ncc(-c2ccccc2)[nH]1. The Morgan fingerprint density at radius 1 is 1.13 bits per heavy atom. The number of hydrogen-bond donors (Lipinski definition) is 2. The molecule has 0 aliphatic rings. The number of H-pyrrole nitrogens is 1. The van der Waals surface area contributed by atoms with Gasteiger partial charge in [-0.1, -0.05) is 30.3 Å². The molecule has 8 nitrogen and oxygen atoms in total. The maximum absolute atomic E-state index is 4.51. The van der Waals surface area contributed by atoms with Gasteiger partial charge >= 0.3 is 0 Å². The zero-order valence-electron chi connectivity index (χ0n) is 17.0. The third-order valence-electron chi connectivity index (χ3n) is 4.67. The highest BCUT2D eigenvalue weighted by molar-refractivity contribution is 5.79. The van der Waals surface area contributed by atoms with Crippen molar-refractivity contribution in [3.05, 3.63) is 84.7 Å². The van der Waals surface area contributed by atoms with Gasteiger partial charge in [0, 0.05) is 39.2 Å². The van der Waals surface area contributed by atoms with E-state index in [0.717, 1.165) is 34.4 Å². The van der Waals surface area contributed by atoms with Crippen LogP contribution in [0.15, 0.2) is 78.3 Å². The van der Waals surface area contributed by atoms with Gasteiger partial charge in [0.1, 0.15) is 5.82 Å². The molecule has 152 valence electrons. The average molecular weight is 400 g/mol. The van der Waals surface area contributed by atoms with Crippen molar-refractivity contribution < 1.29 is 0 Å². The van der Waals surface area contributed by atoms with E-state index in [1.54, 1.807) is 24.1 Å². The second-order valence-corrected chi connectivity index (χ2v) is 6.84. The van der Waals surface area contributed by atoms with Gasteiger partial charge in [-0.25, -0.2) is 14.6 Å². The number of aromatic amines is 1. The molecule has 30 heavy (non-hydrogen) atoms. The van der Waals surface area contributed by atoms with E-state index in [9.17, 15) is 0 Å². The Balaban J connectivity index is 1.38. The molecule has 0 atom stereocenters. The maximum atomic E-state index is 4.51. The molecule has 0 fully saturated rings. The smallest absolute Gasteiger partial charge is 0.194 e. The Labute approximate surface area is 175 Å². The summed E-state index contributed by atoms with van der Waals surface area (Å²) in [4.78, 5) is 18.7. The Morgan fingerprint density at radius 2 is 2.00 bits per heavy atom. The number of aromatic nitrogens is 5. The van der Waals surface area contributed by atoms with E-state index < -0.39 is 0 Å². The third kappa shape index (κ3) is 4.54. The van der Waals surface area contributed by atoms with E-state index in [-0.39, 0.29) is 0 Å². The van der Waals surface area contributed by atoms with E-state index in [4.69, 9.17) is 0 Å². The van der Waals surface area contributed by atoms with Gasteiger partial charge in [0.25, 0.3) is 0 Å². The number of benzene rings is 1. The summed E-state index contributed by atoms with van der Waals surface area (Å²) in [5.74, 6) is 2.45. The number of nitrogens with zero attached hydrogens (tertiary/aromatic N) is 6. The van der Waals surface area contributed by atoms with Crippen LogP contribution in [0.4, 0.5) is 0 Å². The standard InChI is InChI=1S/C22H24N8/c1-23-22(26-14-17-9-11-24-21(13-17)30-12-6-10-27-30)29(2)16-20-25-15-19(28-20)18-7-4-3-5-8-18/h3-13,15H,14,16H2,1-2H3,(H,23,26)(H,25,28). The summed E-state index contributed by atoms with van der Waals surface area (Å²) in [6, 6.07) is 16.0. The van der Waals surface area contributed by atoms with Crippen molar-refractivity contribution in [3.8, 4) is 17.1 Å². The highest BCUT2D eigenvalue weighted by Gasteiger charge is 2.10. The van der Waals surface area contributed by atoms with Gasteiger partial charge in [-0.05, 0) is 29.3 Å². The maximum Gasteiger partial charge on any atom is 0.194 e. The first-order valence-corrected chi connectivity index (χ1v) is 9.69. The number of rotatable bonds is 6. The fourth-order valence-electron chi connectivity index (χ4n) is 3.17. The molecule has 1 aromatic carbocycles. The van der Waals surface area contributed by atoms with Crippen LogP contribution in [-0.2, 0) is 13.1 Å². The molecule has 0 unspecified atom stereocenters. The Morgan fingerprint density at radius 3 is 2.77 bits per heavy atom. The summed E-state index contributed by atoms with van der Waals surface area (Å²) in [7, 11) is 3.76. The molecular formula is C22H24N8. The van der Waals surface area contributed by atoms with Crippen LogP contribution in [0.25, 0.3) is 17.1 Å². The van der Waals surface area contributed by atoms with E-state index in [1.165, 1.54) is 0 Å². The Kier molecular flexibility index (Phi) is 5.84. The van der Waals surface area contributed by atoms with Crippen molar-refractivity contribution in [1.82, 2.24) is 34.9 Å². The van der Waals surface area contributed by atoms with Gasteiger partial charge in [0.2, 0.25) is 0 Å². The lowest BCUT2D eigenvalue weighted by Gasteiger charge is -2.21. The first-order valence-electron chi connectivity index (χ1n) is 9.69. The average Bonchev–Trinajstić information content (AvgIpc) is 3.48. The number of nitrogens with one attached hydrogen (secondary N) is 2. The lowest BCUT2D eigenvalue weighted by atomic mass is 10.2. The minimum atomic E-state index is 0.612. The fourth-order valence-corrected chi connectivity index (χ4v) is 3.17. The molecule has 3 heterocycles. The molecule has 4 rings (SSSR count). The van der Waals surface area contributed by atoms with Crippen LogP contribution < -0.4 is 5.32 Å². The quantitative estimate of drug-likeness (QED) is 0.384. The van der Waals surface area contributed by atoms with Crippen molar-refractivity contribution in [2.45, 2.75) is 13.1 Å². The van der Waals surface area contributed by atoms with Crippen molar-refractivity contribution in [3.63, 3.8) is 0 Å². The largest absolute Gasteiger partial charge is 0.352 e. The highest BCUT2D eigenvalue weighted by atomic mass is 15.3. The van der Waals surface area contributed by atoms with Crippen LogP contribution in [-0.4, -0.2) is 49.7 Å². The molecular weight excluding hydrogens is 376 g/mol. The molecule has 0 radical (unpaired) electrons. The molecule has 0 saturated carbocycles. The summed E-state index contributed by atoms with van der Waals surface area (Å²) in [5, 5.41) is 7.62. The normalized spacial score (nSPS) is 11.5. The molecule has 0 aliphatic carbocycles. The molecule has 2 N–H and O–H groups in total. The topological polar surface area (TPSA) is 87.0 Å². The first kappa shape index (κ1) is 19.4. The van der Waals surface area contributed by atoms with E-state index in [1.807, 2.05) is 60.7 Å². The minimum Gasteiger partial charge on any atom is -0.352 e. The zero-order chi connectivity index (χ0) is 20.8. The van der Waals surface area contributed by atoms with Gasteiger partial charge in [-0.2, -0.15) is 5.10 Å². The lowest BCUT2D eigenvalue weighted by molar-refractivity contribution is 0.464. The lowest BCUT2D eigenvalue weighted by Crippen LogP contribution is -2.38. The fraction of sp³-hybridized carbons (Fsp3) is 0.182. The highest BCUT2D eigenvalue weighted by Crippen LogP contribution is 2.16. The number of guanidine groups is 1. The van der Waals surface area contributed by atoms with Crippen molar-refractivity contribution in [1.29, 1.82) is 0 Å². The zero-order valence-corrected chi connectivity index (χ0v) is 17.0. The van der Waals surface area contributed by atoms with Crippen LogP contribution in [0.3, 0.4) is 0 Å². The van der Waals surface area contributed by atoms with Crippen molar-refractivity contribution in [2.24, 2.45) is 4.99 Å². The second kappa shape index (κ2) is 9.04. The molecule has 0 saturated heterocycles. The van der Waals surface area contributed by atoms with E-state index >= 15 is 0 Å². The van der Waals surface area contributed by atoms with Crippen LogP contribution >= 0.6 is 0 Å².